The summed E-state index contributed by atoms with van der Waals surface area (Å²) in [6.07, 6.45) is 9.13. The smallest absolute Gasteiger partial charge is 0.260 e. The van der Waals surface area contributed by atoms with Gasteiger partial charge in [0.2, 0.25) is 0 Å². The molecule has 1 aromatic carbocycles. The highest BCUT2D eigenvalue weighted by Crippen LogP contribution is 2.57. The zero-order valence-corrected chi connectivity index (χ0v) is 20.0. The van der Waals surface area contributed by atoms with Gasteiger partial charge in [-0.2, -0.15) is 5.26 Å². The monoisotopic (exact) mass is 470 g/mol. The molecule has 6 heteroatoms. The molecule has 4 nitrogen and oxygen atoms in total. The maximum Gasteiger partial charge on any atom is 0.260 e. The summed E-state index contributed by atoms with van der Waals surface area (Å²) < 4.78 is 0. The van der Waals surface area contributed by atoms with Gasteiger partial charge in [-0.3, -0.25) is 14.5 Å². The zero-order chi connectivity index (χ0) is 23.0. The summed E-state index contributed by atoms with van der Waals surface area (Å²) >= 11 is 12.2. The summed E-state index contributed by atoms with van der Waals surface area (Å²) in [4.78, 5) is 27.7. The van der Waals surface area contributed by atoms with Gasteiger partial charge in [0.1, 0.15) is 0 Å². The Labute approximate surface area is 199 Å². The van der Waals surface area contributed by atoms with Crippen LogP contribution in [0.15, 0.2) is 41.5 Å². The van der Waals surface area contributed by atoms with Crippen molar-refractivity contribution in [2.75, 3.05) is 6.54 Å². The van der Waals surface area contributed by atoms with Crippen LogP contribution in [0.1, 0.15) is 62.7 Å². The number of imide groups is 1. The molecule has 1 fully saturated rings. The van der Waals surface area contributed by atoms with E-state index in [1.165, 1.54) is 10.5 Å². The Hall–Kier alpha value is -2.09. The summed E-state index contributed by atoms with van der Waals surface area (Å²) in [5, 5.41) is 9.87. The fourth-order valence-electron chi connectivity index (χ4n) is 6.20. The Bertz CT molecular complexity index is 1030. The van der Waals surface area contributed by atoms with Crippen molar-refractivity contribution in [3.8, 4) is 6.07 Å². The molecule has 0 aromatic heterocycles. The Balaban J connectivity index is 1.62. The first-order valence-corrected chi connectivity index (χ1v) is 12.1. The van der Waals surface area contributed by atoms with Crippen LogP contribution in [-0.4, -0.2) is 23.3 Å². The molecule has 1 saturated carbocycles. The minimum atomic E-state index is -0.360. The molecule has 4 unspecified atom stereocenters. The molecule has 0 bridgehead atoms. The van der Waals surface area contributed by atoms with Gasteiger partial charge in [-0.1, -0.05) is 47.3 Å². The van der Waals surface area contributed by atoms with E-state index in [-0.39, 0.29) is 17.2 Å². The highest BCUT2D eigenvalue weighted by atomic mass is 35.5. The normalized spacial score (nSPS) is 29.8. The lowest BCUT2D eigenvalue weighted by atomic mass is 9.52. The average Bonchev–Trinajstić information content (AvgIpc) is 2.87. The lowest BCUT2D eigenvalue weighted by Gasteiger charge is -2.52. The molecule has 168 valence electrons. The molecule has 1 aliphatic heterocycles. The lowest BCUT2D eigenvalue weighted by molar-refractivity contribution is -0.123. The van der Waals surface area contributed by atoms with Gasteiger partial charge in [-0.15, -0.1) is 0 Å². The second kappa shape index (κ2) is 9.04. The van der Waals surface area contributed by atoms with Gasteiger partial charge in [0.05, 0.1) is 6.07 Å². The number of allylic oxidation sites excluding steroid dienone is 3. The first kappa shape index (κ1) is 23.1. The van der Waals surface area contributed by atoms with Crippen molar-refractivity contribution < 1.29 is 9.59 Å². The summed E-state index contributed by atoms with van der Waals surface area (Å²) in [6, 6.07) is 6.99. The van der Waals surface area contributed by atoms with E-state index in [1.54, 1.807) is 24.3 Å². The van der Waals surface area contributed by atoms with E-state index in [0.717, 1.165) is 37.7 Å². The SMILES string of the molecule is CC1=CCC2C(CCC3=CC(=O)N(C(=O)c4cc(Cl)cc(Cl)c4)CCC32C)C1CCC#N. The summed E-state index contributed by atoms with van der Waals surface area (Å²) in [5.41, 5.74) is 2.75. The minimum Gasteiger partial charge on any atom is -0.275 e. The summed E-state index contributed by atoms with van der Waals surface area (Å²) in [6.45, 7) is 4.83. The number of rotatable bonds is 3. The molecule has 4 rings (SSSR count). The van der Waals surface area contributed by atoms with E-state index in [0.29, 0.717) is 46.3 Å². The van der Waals surface area contributed by atoms with E-state index in [4.69, 9.17) is 28.5 Å². The number of fused-ring (bicyclic) bond motifs is 3. The van der Waals surface area contributed by atoms with Crippen molar-refractivity contribution in [2.45, 2.75) is 52.4 Å². The fourth-order valence-corrected chi connectivity index (χ4v) is 6.72. The van der Waals surface area contributed by atoms with Crippen LogP contribution in [0.4, 0.5) is 0 Å². The standard InChI is InChI=1S/C26H28Cl2N2O2/c1-16-5-8-23-22(21(16)4-3-10-29)7-6-18-14-24(31)30(11-9-26(18,23)2)25(32)17-12-19(27)15-20(28)13-17/h5,12-15,21-23H,3-4,6-9,11H2,1-2H3. The lowest BCUT2D eigenvalue weighted by Crippen LogP contribution is -2.44. The van der Waals surface area contributed by atoms with Crippen LogP contribution >= 0.6 is 23.2 Å². The third-order valence-electron chi connectivity index (χ3n) is 7.95. The van der Waals surface area contributed by atoms with Gasteiger partial charge in [0, 0.05) is 34.7 Å². The maximum absolute atomic E-state index is 13.2. The highest BCUT2D eigenvalue weighted by Gasteiger charge is 2.50. The summed E-state index contributed by atoms with van der Waals surface area (Å²) in [5.74, 6) is 0.739. The quantitative estimate of drug-likeness (QED) is 0.369. The van der Waals surface area contributed by atoms with E-state index < -0.39 is 0 Å². The highest BCUT2D eigenvalue weighted by molar-refractivity contribution is 6.35. The van der Waals surface area contributed by atoms with Crippen LogP contribution in [0.2, 0.25) is 10.0 Å². The molecule has 2 amide bonds. The Kier molecular flexibility index (Phi) is 6.52. The number of nitrogens with zero attached hydrogens (tertiary/aromatic N) is 2. The number of halogens is 2. The first-order valence-electron chi connectivity index (χ1n) is 11.3. The van der Waals surface area contributed by atoms with Gasteiger partial charge < -0.3 is 0 Å². The van der Waals surface area contributed by atoms with Crippen LogP contribution in [-0.2, 0) is 4.79 Å². The van der Waals surface area contributed by atoms with Crippen molar-refractivity contribution in [1.82, 2.24) is 4.90 Å². The third kappa shape index (κ3) is 4.14. The molecule has 4 atom stereocenters. The molecule has 0 N–H and O–H groups in total. The number of carbonyl (C=O) groups excluding carboxylic acids is 2. The van der Waals surface area contributed by atoms with Crippen LogP contribution in [0.25, 0.3) is 0 Å². The van der Waals surface area contributed by atoms with Gasteiger partial charge in [-0.05, 0) is 80.4 Å². The van der Waals surface area contributed by atoms with E-state index in [1.807, 2.05) is 0 Å². The van der Waals surface area contributed by atoms with Crippen LogP contribution in [0, 0.1) is 34.5 Å². The number of nitriles is 1. The summed E-state index contributed by atoms with van der Waals surface area (Å²) in [7, 11) is 0. The predicted molar refractivity (Wildman–Crippen MR) is 126 cm³/mol. The second-order valence-corrected chi connectivity index (χ2v) is 10.5. The van der Waals surface area contributed by atoms with E-state index in [2.05, 4.69) is 26.0 Å². The van der Waals surface area contributed by atoms with Crippen LogP contribution < -0.4 is 0 Å². The second-order valence-electron chi connectivity index (χ2n) is 9.59. The van der Waals surface area contributed by atoms with Crippen molar-refractivity contribution in [3.05, 3.63) is 57.1 Å². The van der Waals surface area contributed by atoms with Gasteiger partial charge in [0.25, 0.3) is 11.8 Å². The van der Waals surface area contributed by atoms with Crippen molar-refractivity contribution in [2.24, 2.45) is 23.2 Å². The number of hydrogen-bond donors (Lipinski definition) is 0. The number of carbonyl (C=O) groups is 2. The molecular weight excluding hydrogens is 443 g/mol. The first-order chi connectivity index (χ1) is 15.2. The molecule has 32 heavy (non-hydrogen) atoms. The molecule has 0 spiro atoms. The van der Waals surface area contributed by atoms with Crippen molar-refractivity contribution in [1.29, 1.82) is 5.26 Å². The van der Waals surface area contributed by atoms with Crippen LogP contribution in [0.5, 0.6) is 0 Å². The topological polar surface area (TPSA) is 61.2 Å². The Morgan fingerprint density at radius 2 is 2.00 bits per heavy atom. The number of benzene rings is 1. The molecule has 1 aromatic rings. The molecule has 1 heterocycles. The molecule has 0 radical (unpaired) electrons. The fraction of sp³-hybridized carbons (Fsp3) is 0.500. The van der Waals surface area contributed by atoms with Gasteiger partial charge in [-0.25, -0.2) is 0 Å². The van der Waals surface area contributed by atoms with E-state index in [9.17, 15) is 9.59 Å². The van der Waals surface area contributed by atoms with E-state index >= 15 is 0 Å². The Morgan fingerprint density at radius 3 is 2.69 bits per heavy atom. The number of hydrogen-bond acceptors (Lipinski definition) is 3. The predicted octanol–water partition coefficient (Wildman–Crippen LogP) is 6.59. The maximum atomic E-state index is 13.2. The van der Waals surface area contributed by atoms with Crippen molar-refractivity contribution in [3.63, 3.8) is 0 Å². The van der Waals surface area contributed by atoms with Gasteiger partial charge in [0.15, 0.2) is 0 Å². The zero-order valence-electron chi connectivity index (χ0n) is 18.5. The molecular formula is C26H28Cl2N2O2. The largest absolute Gasteiger partial charge is 0.275 e. The molecule has 3 aliphatic rings. The third-order valence-corrected chi connectivity index (χ3v) is 8.39. The Morgan fingerprint density at radius 1 is 1.28 bits per heavy atom. The molecule has 2 aliphatic carbocycles. The van der Waals surface area contributed by atoms with Crippen LogP contribution in [0.3, 0.4) is 0 Å². The number of amides is 2. The minimum absolute atomic E-state index is 0.137. The molecule has 0 saturated heterocycles. The average molecular weight is 471 g/mol. The van der Waals surface area contributed by atoms with Gasteiger partial charge >= 0.3 is 0 Å². The van der Waals surface area contributed by atoms with Crippen molar-refractivity contribution >= 4 is 35.0 Å².